The smallest absolute Gasteiger partial charge is 0.332 e. The van der Waals surface area contributed by atoms with Gasteiger partial charge in [0.15, 0.2) is 0 Å². The minimum absolute atomic E-state index is 0.333. The van der Waals surface area contributed by atoms with Crippen LogP contribution in [-0.4, -0.2) is 36.3 Å². The second-order valence-electron chi connectivity index (χ2n) is 2.67. The van der Waals surface area contributed by atoms with Crippen molar-refractivity contribution in [2.24, 2.45) is 16.8 Å². The predicted molar refractivity (Wildman–Crippen MR) is 53.0 cm³/mol. The first-order valence-electron chi connectivity index (χ1n) is 3.92. The highest BCUT2D eigenvalue weighted by molar-refractivity contribution is 8.00. The standard InChI is InChI=1S/C7H11N3O3S/c1-13-6(11)4-2-14-3-5(4)9-10-7(8)12/h4H,2-3H2,1H3,(H3,8,10,12)/b9-5+. The number of thioether (sulfide) groups is 1. The molecule has 0 spiro atoms. The van der Waals surface area contributed by atoms with Gasteiger partial charge in [0.1, 0.15) is 5.92 Å². The fraction of sp³-hybridized carbons (Fsp3) is 0.571. The van der Waals surface area contributed by atoms with Gasteiger partial charge in [-0.05, 0) is 0 Å². The molecule has 1 aliphatic heterocycles. The van der Waals surface area contributed by atoms with Gasteiger partial charge in [0.05, 0.1) is 12.8 Å². The van der Waals surface area contributed by atoms with Gasteiger partial charge in [-0.1, -0.05) is 0 Å². The maximum atomic E-state index is 11.2. The molecule has 7 heteroatoms. The van der Waals surface area contributed by atoms with Crippen LogP contribution in [0.1, 0.15) is 0 Å². The molecule has 1 unspecified atom stereocenters. The molecule has 2 amide bonds. The second-order valence-corrected chi connectivity index (χ2v) is 3.70. The van der Waals surface area contributed by atoms with Crippen LogP contribution in [0.25, 0.3) is 0 Å². The van der Waals surface area contributed by atoms with E-state index >= 15 is 0 Å². The molecule has 1 heterocycles. The van der Waals surface area contributed by atoms with Gasteiger partial charge in [0.25, 0.3) is 0 Å². The summed E-state index contributed by atoms with van der Waals surface area (Å²) in [5, 5.41) is 3.74. The summed E-state index contributed by atoms with van der Waals surface area (Å²) in [7, 11) is 1.32. The Kier molecular flexibility index (Phi) is 3.75. The zero-order valence-electron chi connectivity index (χ0n) is 7.65. The summed E-state index contributed by atoms with van der Waals surface area (Å²) >= 11 is 1.56. The van der Waals surface area contributed by atoms with E-state index in [2.05, 4.69) is 15.3 Å². The number of nitrogens with zero attached hydrogens (tertiary/aromatic N) is 1. The third-order valence-electron chi connectivity index (χ3n) is 1.73. The zero-order valence-corrected chi connectivity index (χ0v) is 8.47. The number of carbonyl (C=O) groups excluding carboxylic acids is 2. The van der Waals surface area contributed by atoms with E-state index in [1.807, 2.05) is 0 Å². The summed E-state index contributed by atoms with van der Waals surface area (Å²) in [6, 6.07) is -0.738. The van der Waals surface area contributed by atoms with Crippen molar-refractivity contribution >= 4 is 29.5 Å². The van der Waals surface area contributed by atoms with Gasteiger partial charge >= 0.3 is 12.0 Å². The van der Waals surface area contributed by atoms with Gasteiger partial charge < -0.3 is 10.5 Å². The number of urea groups is 1. The van der Waals surface area contributed by atoms with Gasteiger partial charge in [0, 0.05) is 11.5 Å². The lowest BCUT2D eigenvalue weighted by Crippen LogP contribution is -2.30. The first kappa shape index (κ1) is 10.8. The van der Waals surface area contributed by atoms with Crippen molar-refractivity contribution in [1.82, 2.24) is 5.43 Å². The van der Waals surface area contributed by atoms with Crippen molar-refractivity contribution in [2.45, 2.75) is 0 Å². The number of nitrogens with one attached hydrogen (secondary N) is 1. The third-order valence-corrected chi connectivity index (χ3v) is 2.80. The van der Waals surface area contributed by atoms with E-state index in [4.69, 9.17) is 5.73 Å². The van der Waals surface area contributed by atoms with Crippen LogP contribution in [-0.2, 0) is 9.53 Å². The molecule has 3 N–H and O–H groups in total. The Morgan fingerprint density at radius 2 is 2.43 bits per heavy atom. The van der Waals surface area contributed by atoms with Gasteiger partial charge in [-0.25, -0.2) is 10.2 Å². The number of amides is 2. The van der Waals surface area contributed by atoms with E-state index in [9.17, 15) is 9.59 Å². The summed E-state index contributed by atoms with van der Waals surface area (Å²) in [6.07, 6.45) is 0. The Balaban J connectivity index is 2.63. The highest BCUT2D eigenvalue weighted by atomic mass is 32.2. The molecule has 0 radical (unpaired) electrons. The van der Waals surface area contributed by atoms with E-state index in [0.29, 0.717) is 17.2 Å². The molecule has 0 bridgehead atoms. The van der Waals surface area contributed by atoms with E-state index in [-0.39, 0.29) is 11.9 Å². The molecule has 0 aromatic rings. The lowest BCUT2D eigenvalue weighted by atomic mass is 10.1. The Morgan fingerprint density at radius 1 is 1.71 bits per heavy atom. The Hall–Kier alpha value is -1.24. The first-order chi connectivity index (χ1) is 6.65. The highest BCUT2D eigenvalue weighted by Crippen LogP contribution is 2.22. The Morgan fingerprint density at radius 3 is 3.00 bits per heavy atom. The quantitative estimate of drug-likeness (QED) is 0.483. The van der Waals surface area contributed by atoms with Crippen LogP contribution in [0.3, 0.4) is 0 Å². The van der Waals surface area contributed by atoms with Crippen LogP contribution in [0.5, 0.6) is 0 Å². The van der Waals surface area contributed by atoms with E-state index < -0.39 is 6.03 Å². The molecule has 0 aromatic carbocycles. The van der Waals surface area contributed by atoms with Crippen molar-refractivity contribution in [2.75, 3.05) is 18.6 Å². The number of hydrogen-bond acceptors (Lipinski definition) is 5. The van der Waals surface area contributed by atoms with Crippen LogP contribution in [0.15, 0.2) is 5.10 Å². The van der Waals surface area contributed by atoms with Crippen LogP contribution in [0.4, 0.5) is 4.79 Å². The third kappa shape index (κ3) is 2.63. The molecule has 0 saturated carbocycles. The number of hydrazone groups is 1. The van der Waals surface area contributed by atoms with Gasteiger partial charge in [-0.15, -0.1) is 0 Å². The fourth-order valence-electron chi connectivity index (χ4n) is 1.06. The minimum atomic E-state index is -0.738. The predicted octanol–water partition coefficient (Wildman–Crippen LogP) is -0.453. The number of esters is 1. The molecule has 14 heavy (non-hydrogen) atoms. The number of methoxy groups -OCH3 is 1. The molecule has 78 valence electrons. The molecular weight excluding hydrogens is 206 g/mol. The van der Waals surface area contributed by atoms with Crippen molar-refractivity contribution < 1.29 is 14.3 Å². The topological polar surface area (TPSA) is 93.8 Å². The maximum Gasteiger partial charge on any atom is 0.332 e. The summed E-state index contributed by atoms with van der Waals surface area (Å²) < 4.78 is 4.59. The zero-order chi connectivity index (χ0) is 10.6. The summed E-state index contributed by atoms with van der Waals surface area (Å²) in [6.45, 7) is 0. The number of nitrogens with two attached hydrogens (primary N) is 1. The van der Waals surface area contributed by atoms with Crippen molar-refractivity contribution in [3.05, 3.63) is 0 Å². The summed E-state index contributed by atoms with van der Waals surface area (Å²) in [5.74, 6) is 0.545. The maximum absolute atomic E-state index is 11.2. The normalized spacial score (nSPS) is 23.5. The number of primary amides is 1. The average Bonchev–Trinajstić information content (AvgIpc) is 2.61. The van der Waals surface area contributed by atoms with E-state index in [1.165, 1.54) is 7.11 Å². The molecule has 0 aromatic heterocycles. The van der Waals surface area contributed by atoms with E-state index in [1.54, 1.807) is 11.8 Å². The molecule has 0 aliphatic carbocycles. The summed E-state index contributed by atoms with van der Waals surface area (Å²) in [5.41, 5.74) is 7.54. The number of rotatable bonds is 2. The molecular formula is C7H11N3O3S. The van der Waals surface area contributed by atoms with Crippen LogP contribution >= 0.6 is 11.8 Å². The Labute approximate surface area is 85.2 Å². The average molecular weight is 217 g/mol. The molecule has 1 rings (SSSR count). The molecule has 6 nitrogen and oxygen atoms in total. The first-order valence-corrected chi connectivity index (χ1v) is 5.08. The number of carbonyl (C=O) groups is 2. The molecule has 1 fully saturated rings. The molecule has 1 atom stereocenters. The van der Waals surface area contributed by atoms with Gasteiger partial charge in [-0.2, -0.15) is 16.9 Å². The van der Waals surface area contributed by atoms with Gasteiger partial charge in [-0.3, -0.25) is 4.79 Å². The Bertz CT molecular complexity index is 279. The monoisotopic (exact) mass is 217 g/mol. The van der Waals surface area contributed by atoms with Crippen molar-refractivity contribution in [3.8, 4) is 0 Å². The molecule has 1 aliphatic rings. The fourth-order valence-corrected chi connectivity index (χ4v) is 2.22. The lowest BCUT2D eigenvalue weighted by Gasteiger charge is -2.06. The number of ether oxygens (including phenoxy) is 1. The summed E-state index contributed by atoms with van der Waals surface area (Å²) in [4.78, 5) is 21.6. The number of hydrogen-bond donors (Lipinski definition) is 2. The second kappa shape index (κ2) is 4.85. The molecule has 1 saturated heterocycles. The highest BCUT2D eigenvalue weighted by Gasteiger charge is 2.30. The largest absolute Gasteiger partial charge is 0.468 e. The van der Waals surface area contributed by atoms with E-state index in [0.717, 1.165) is 0 Å². The van der Waals surface area contributed by atoms with Crippen LogP contribution in [0, 0.1) is 5.92 Å². The van der Waals surface area contributed by atoms with Crippen molar-refractivity contribution in [3.63, 3.8) is 0 Å². The minimum Gasteiger partial charge on any atom is -0.468 e. The van der Waals surface area contributed by atoms with Gasteiger partial charge in [0.2, 0.25) is 0 Å². The van der Waals surface area contributed by atoms with Crippen LogP contribution in [0.2, 0.25) is 0 Å². The van der Waals surface area contributed by atoms with Crippen LogP contribution < -0.4 is 11.2 Å². The van der Waals surface area contributed by atoms with Crippen molar-refractivity contribution in [1.29, 1.82) is 0 Å². The lowest BCUT2D eigenvalue weighted by molar-refractivity contribution is -0.142. The SMILES string of the molecule is COC(=O)C1CSC/C1=N\NC(N)=O.